The third kappa shape index (κ3) is 11.5. The third-order valence-electron chi connectivity index (χ3n) is 4.53. The minimum atomic E-state index is -1.00. The Bertz CT molecular complexity index is 945. The number of rotatable bonds is 13. The second kappa shape index (κ2) is 15.2. The molecule has 0 unspecified atom stereocenters. The van der Waals surface area contributed by atoms with Gasteiger partial charge >= 0.3 is 5.97 Å². The van der Waals surface area contributed by atoms with Gasteiger partial charge < -0.3 is 19.9 Å². The molecule has 1 heterocycles. The summed E-state index contributed by atoms with van der Waals surface area (Å²) in [6, 6.07) is 0. The lowest BCUT2D eigenvalue weighted by molar-refractivity contribution is -0.134. The molecule has 1 rings (SSSR count). The van der Waals surface area contributed by atoms with E-state index in [-0.39, 0.29) is 5.91 Å². The standard InChI is InChI=1S/C26H32N2O5/c1-21(15-11-8-9-12-16-22-19-27-20-33-22)24(31)26(2,3)25(32)28-18-14-10-6-4-5-7-13-17-23(29)30/h4-15,17,19-20,24,31H,16,18H2,1-3H3,(H,28,32)(H,29,30)/b6-4+,7-5-,11-8-,12-9+,14-10-,17-13+,21-15-/t24-/m1/s1. The summed E-state index contributed by atoms with van der Waals surface area (Å²) in [5, 5.41) is 21.9. The monoisotopic (exact) mass is 452 g/mol. The smallest absolute Gasteiger partial charge is 0.328 e. The van der Waals surface area contributed by atoms with E-state index in [1.54, 1.807) is 69.5 Å². The summed E-state index contributed by atoms with van der Waals surface area (Å²) in [6.07, 6.45) is 24.8. The summed E-state index contributed by atoms with van der Waals surface area (Å²) in [5.74, 6) is -0.476. The first-order valence-corrected chi connectivity index (χ1v) is 10.5. The van der Waals surface area contributed by atoms with Crippen LogP contribution in [0.1, 0.15) is 26.5 Å². The van der Waals surface area contributed by atoms with Crippen molar-refractivity contribution in [1.29, 1.82) is 0 Å². The highest BCUT2D eigenvalue weighted by Crippen LogP contribution is 2.26. The van der Waals surface area contributed by atoms with Gasteiger partial charge in [-0.15, -0.1) is 0 Å². The van der Waals surface area contributed by atoms with Gasteiger partial charge in [-0.25, -0.2) is 9.78 Å². The van der Waals surface area contributed by atoms with E-state index in [1.165, 1.54) is 12.5 Å². The maximum absolute atomic E-state index is 12.5. The summed E-state index contributed by atoms with van der Waals surface area (Å²) in [7, 11) is 0. The van der Waals surface area contributed by atoms with Gasteiger partial charge in [0, 0.05) is 19.0 Å². The Labute approximate surface area is 194 Å². The predicted molar refractivity (Wildman–Crippen MR) is 129 cm³/mol. The second-order valence-electron chi connectivity index (χ2n) is 7.63. The number of hydrogen-bond donors (Lipinski definition) is 3. The number of aliphatic carboxylic acids is 1. The molecule has 0 saturated carbocycles. The van der Waals surface area contributed by atoms with Gasteiger partial charge in [0.1, 0.15) is 5.76 Å². The van der Waals surface area contributed by atoms with Crippen LogP contribution < -0.4 is 5.32 Å². The Morgan fingerprint density at radius 1 is 1.06 bits per heavy atom. The van der Waals surface area contributed by atoms with Gasteiger partial charge in [-0.2, -0.15) is 0 Å². The summed E-state index contributed by atoms with van der Waals surface area (Å²) >= 11 is 0. The molecule has 0 spiro atoms. The molecule has 7 heteroatoms. The van der Waals surface area contributed by atoms with Crippen LogP contribution in [0.15, 0.2) is 102 Å². The molecule has 0 aromatic carbocycles. The van der Waals surface area contributed by atoms with E-state index in [0.29, 0.717) is 18.5 Å². The van der Waals surface area contributed by atoms with E-state index in [0.717, 1.165) is 11.8 Å². The van der Waals surface area contributed by atoms with Crippen molar-refractivity contribution in [2.45, 2.75) is 33.3 Å². The molecule has 1 aromatic rings. The number of aliphatic hydroxyl groups is 1. The Hall–Kier alpha value is -3.71. The van der Waals surface area contributed by atoms with Crippen molar-refractivity contribution in [3.05, 3.63) is 103 Å². The number of carboxylic acids is 1. The minimum Gasteiger partial charge on any atom is -0.478 e. The third-order valence-corrected chi connectivity index (χ3v) is 4.53. The maximum Gasteiger partial charge on any atom is 0.328 e. The number of carboxylic acid groups (broad SMARTS) is 1. The van der Waals surface area contributed by atoms with Crippen LogP contribution in [0.3, 0.4) is 0 Å². The lowest BCUT2D eigenvalue weighted by Crippen LogP contribution is -2.45. The molecule has 0 saturated heterocycles. The maximum atomic E-state index is 12.5. The van der Waals surface area contributed by atoms with Crippen LogP contribution in [0.4, 0.5) is 0 Å². The molecule has 3 N–H and O–H groups in total. The largest absolute Gasteiger partial charge is 0.478 e. The quantitative estimate of drug-likeness (QED) is 0.307. The Morgan fingerprint density at radius 2 is 1.70 bits per heavy atom. The first kappa shape index (κ1) is 27.3. The highest BCUT2D eigenvalue weighted by molar-refractivity contribution is 5.83. The number of carbonyl (C=O) groups is 2. The average molecular weight is 453 g/mol. The number of nitrogens with zero attached hydrogens (tertiary/aromatic N) is 1. The number of allylic oxidation sites excluding steroid dienone is 11. The number of amides is 1. The molecule has 0 aliphatic carbocycles. The van der Waals surface area contributed by atoms with Crippen LogP contribution in [0.2, 0.25) is 0 Å². The lowest BCUT2D eigenvalue weighted by atomic mass is 9.81. The Kier molecular flexibility index (Phi) is 12.5. The fourth-order valence-electron chi connectivity index (χ4n) is 2.58. The van der Waals surface area contributed by atoms with E-state index < -0.39 is 17.5 Å². The van der Waals surface area contributed by atoms with Gasteiger partial charge in [0.25, 0.3) is 0 Å². The van der Waals surface area contributed by atoms with Crippen LogP contribution in [-0.4, -0.2) is 39.7 Å². The highest BCUT2D eigenvalue weighted by atomic mass is 16.4. The minimum absolute atomic E-state index is 0.258. The highest BCUT2D eigenvalue weighted by Gasteiger charge is 2.36. The van der Waals surface area contributed by atoms with Crippen molar-refractivity contribution in [1.82, 2.24) is 10.3 Å². The van der Waals surface area contributed by atoms with E-state index in [4.69, 9.17) is 9.52 Å². The molecule has 7 nitrogen and oxygen atoms in total. The molecule has 0 aliphatic heterocycles. The first-order chi connectivity index (χ1) is 15.7. The Balaban J connectivity index is 2.45. The zero-order valence-corrected chi connectivity index (χ0v) is 19.2. The van der Waals surface area contributed by atoms with Crippen molar-refractivity contribution < 1.29 is 24.2 Å². The second-order valence-corrected chi connectivity index (χ2v) is 7.63. The molecule has 1 atom stereocenters. The van der Waals surface area contributed by atoms with Crippen molar-refractivity contribution in [2.75, 3.05) is 6.54 Å². The molecule has 176 valence electrons. The molecule has 33 heavy (non-hydrogen) atoms. The van der Waals surface area contributed by atoms with Gasteiger partial charge in [0.05, 0.1) is 17.7 Å². The number of hydrogen-bond acceptors (Lipinski definition) is 5. The average Bonchev–Trinajstić information content (AvgIpc) is 3.29. The zero-order valence-electron chi connectivity index (χ0n) is 19.2. The summed E-state index contributed by atoms with van der Waals surface area (Å²) < 4.78 is 5.14. The number of carbonyl (C=O) groups excluding carboxylic acids is 1. The van der Waals surface area contributed by atoms with E-state index in [1.807, 2.05) is 24.3 Å². The van der Waals surface area contributed by atoms with Gasteiger partial charge in [-0.3, -0.25) is 4.79 Å². The SMILES string of the molecule is C/C(=C/C=C\C=C\Cc1cnco1)[C@@H](O)C(C)(C)C(=O)NC\C=C/C=C/C=C\C=C\C(=O)O. The van der Waals surface area contributed by atoms with Crippen LogP contribution in [0, 0.1) is 5.41 Å². The van der Waals surface area contributed by atoms with E-state index in [9.17, 15) is 14.7 Å². The molecule has 1 amide bonds. The van der Waals surface area contributed by atoms with Crippen LogP contribution in [0.5, 0.6) is 0 Å². The van der Waals surface area contributed by atoms with Crippen LogP contribution >= 0.6 is 0 Å². The topological polar surface area (TPSA) is 113 Å². The Morgan fingerprint density at radius 3 is 2.36 bits per heavy atom. The van der Waals surface area contributed by atoms with Crippen LogP contribution in [0.25, 0.3) is 0 Å². The van der Waals surface area contributed by atoms with E-state index in [2.05, 4.69) is 10.3 Å². The first-order valence-electron chi connectivity index (χ1n) is 10.5. The summed E-state index contributed by atoms with van der Waals surface area (Å²) in [4.78, 5) is 26.7. The van der Waals surface area contributed by atoms with Gasteiger partial charge in [-0.05, 0) is 26.3 Å². The van der Waals surface area contributed by atoms with Crippen molar-refractivity contribution in [2.24, 2.45) is 5.41 Å². The number of oxazole rings is 1. The van der Waals surface area contributed by atoms with Crippen molar-refractivity contribution >= 4 is 11.9 Å². The number of aromatic nitrogens is 1. The van der Waals surface area contributed by atoms with Gasteiger partial charge in [0.15, 0.2) is 6.39 Å². The van der Waals surface area contributed by atoms with Gasteiger partial charge in [-0.1, -0.05) is 72.9 Å². The number of aliphatic hydroxyl groups excluding tert-OH is 1. The molecule has 0 aliphatic rings. The molecular formula is C26H32N2O5. The van der Waals surface area contributed by atoms with Crippen molar-refractivity contribution in [3.63, 3.8) is 0 Å². The summed E-state index contributed by atoms with van der Waals surface area (Å²) in [6.45, 7) is 5.50. The fourth-order valence-corrected chi connectivity index (χ4v) is 2.58. The fraction of sp³-hybridized carbons (Fsp3) is 0.269. The molecule has 0 bridgehead atoms. The summed E-state index contributed by atoms with van der Waals surface area (Å²) in [5.41, 5.74) is -0.323. The van der Waals surface area contributed by atoms with Crippen LogP contribution in [-0.2, 0) is 16.0 Å². The molecule has 0 radical (unpaired) electrons. The lowest BCUT2D eigenvalue weighted by Gasteiger charge is -2.29. The van der Waals surface area contributed by atoms with Crippen molar-refractivity contribution in [3.8, 4) is 0 Å². The normalized spacial score (nSPS) is 14.6. The van der Waals surface area contributed by atoms with E-state index >= 15 is 0 Å². The molecule has 0 fully saturated rings. The van der Waals surface area contributed by atoms with Gasteiger partial charge in [0.2, 0.25) is 5.91 Å². The number of nitrogens with one attached hydrogen (secondary N) is 1. The predicted octanol–water partition coefficient (Wildman–Crippen LogP) is 4.09. The molecule has 1 aromatic heterocycles. The zero-order chi connectivity index (χ0) is 24.5. The molecular weight excluding hydrogens is 420 g/mol.